The first kappa shape index (κ1) is 22.4. The van der Waals surface area contributed by atoms with Crippen LogP contribution in [0.15, 0.2) is 65.8 Å². The smallest absolute Gasteiger partial charge is 0.289 e. The summed E-state index contributed by atoms with van der Waals surface area (Å²) in [5.74, 6) is -2.51. The zero-order valence-electron chi connectivity index (χ0n) is 19.9. The molecule has 2 aliphatic heterocycles. The molecular weight excluding hydrogens is 432 g/mol. The van der Waals surface area contributed by atoms with Gasteiger partial charge in [-0.1, -0.05) is 62.9 Å². The molecule has 1 saturated carbocycles. The summed E-state index contributed by atoms with van der Waals surface area (Å²) in [4.78, 5) is 13.3. The minimum absolute atomic E-state index is 0.0617. The van der Waals surface area contributed by atoms with Crippen molar-refractivity contribution in [3.8, 4) is 0 Å². The lowest BCUT2D eigenvalue weighted by Gasteiger charge is -2.57. The van der Waals surface area contributed by atoms with E-state index in [-0.39, 0.29) is 30.6 Å². The molecule has 0 spiro atoms. The van der Waals surface area contributed by atoms with Crippen LogP contribution in [0.5, 0.6) is 0 Å². The van der Waals surface area contributed by atoms with Crippen molar-refractivity contribution in [1.29, 1.82) is 0 Å². The molecule has 0 radical (unpaired) electrons. The molecule has 8 atom stereocenters. The fourth-order valence-electron chi connectivity index (χ4n) is 7.33. The van der Waals surface area contributed by atoms with Crippen LogP contribution in [0, 0.1) is 17.8 Å². The number of carbonyl (C=O) groups excluding carboxylic acids is 1. The minimum atomic E-state index is -1.72. The fraction of sp³-hybridized carbons (Fsp3) is 0.536. The van der Waals surface area contributed by atoms with E-state index in [1.807, 2.05) is 56.3 Å². The van der Waals surface area contributed by atoms with Gasteiger partial charge in [-0.2, -0.15) is 0 Å². The number of rotatable bonds is 4. The number of ketones is 1. The zero-order chi connectivity index (χ0) is 24.1. The number of allylic oxidation sites excluding steroid dienone is 1. The normalized spacial score (nSPS) is 46.4. The van der Waals surface area contributed by atoms with E-state index < -0.39 is 34.8 Å². The van der Waals surface area contributed by atoms with E-state index in [1.165, 1.54) is 0 Å². The molecule has 3 bridgehead atoms. The van der Waals surface area contributed by atoms with Crippen LogP contribution in [0.3, 0.4) is 0 Å². The van der Waals surface area contributed by atoms with Gasteiger partial charge in [-0.15, -0.1) is 0 Å². The van der Waals surface area contributed by atoms with Gasteiger partial charge >= 0.3 is 0 Å². The van der Waals surface area contributed by atoms with E-state index in [1.54, 1.807) is 0 Å². The summed E-state index contributed by atoms with van der Waals surface area (Å²) >= 11 is 0. The molecule has 2 N–H and O–H groups in total. The van der Waals surface area contributed by atoms with Crippen LogP contribution < -0.4 is 0 Å². The van der Waals surface area contributed by atoms with Gasteiger partial charge in [0.05, 0.1) is 13.0 Å². The minimum Gasteiger partial charge on any atom is -0.392 e. The first-order valence-corrected chi connectivity index (χ1v) is 12.2. The second-order valence-corrected chi connectivity index (χ2v) is 10.9. The van der Waals surface area contributed by atoms with Gasteiger partial charge in [0.2, 0.25) is 0 Å². The highest BCUT2D eigenvalue weighted by Crippen LogP contribution is 2.68. The lowest BCUT2D eigenvalue weighted by Crippen LogP contribution is -2.68. The molecule has 3 fully saturated rings. The predicted molar refractivity (Wildman–Crippen MR) is 124 cm³/mol. The molecule has 180 valence electrons. The molecule has 34 heavy (non-hydrogen) atoms. The largest absolute Gasteiger partial charge is 0.392 e. The second kappa shape index (κ2) is 6.99. The van der Waals surface area contributed by atoms with Crippen molar-refractivity contribution in [3.05, 3.63) is 71.3 Å². The zero-order valence-corrected chi connectivity index (χ0v) is 19.9. The van der Waals surface area contributed by atoms with E-state index >= 15 is 0 Å². The van der Waals surface area contributed by atoms with Crippen LogP contribution in [0.25, 0.3) is 0 Å². The second-order valence-electron chi connectivity index (χ2n) is 10.9. The fourth-order valence-corrected chi connectivity index (χ4v) is 7.33. The number of hydrogen-bond donors (Lipinski definition) is 2. The lowest BCUT2D eigenvalue weighted by molar-refractivity contribution is -0.405. The molecule has 6 nitrogen and oxygen atoms in total. The van der Waals surface area contributed by atoms with E-state index in [0.29, 0.717) is 24.0 Å². The van der Waals surface area contributed by atoms with E-state index in [0.717, 1.165) is 11.1 Å². The van der Waals surface area contributed by atoms with Gasteiger partial charge in [0, 0.05) is 18.3 Å². The third-order valence-electron chi connectivity index (χ3n) is 8.78. The summed E-state index contributed by atoms with van der Waals surface area (Å²) in [5.41, 5.74) is -0.413. The monoisotopic (exact) mass is 464 g/mol. The first-order valence-electron chi connectivity index (χ1n) is 12.2. The Morgan fingerprint density at radius 1 is 1.18 bits per heavy atom. The van der Waals surface area contributed by atoms with E-state index in [2.05, 4.69) is 13.5 Å². The molecule has 2 heterocycles. The van der Waals surface area contributed by atoms with Crippen LogP contribution in [0.2, 0.25) is 0 Å². The molecule has 6 rings (SSSR count). The van der Waals surface area contributed by atoms with E-state index in [9.17, 15) is 15.0 Å². The van der Waals surface area contributed by atoms with Gasteiger partial charge in [0.1, 0.15) is 17.3 Å². The van der Waals surface area contributed by atoms with Crippen LogP contribution >= 0.6 is 0 Å². The van der Waals surface area contributed by atoms with Crippen LogP contribution in [-0.2, 0) is 25.4 Å². The summed E-state index contributed by atoms with van der Waals surface area (Å²) in [6, 6.07) is 9.91. The number of hydrogen-bond acceptors (Lipinski definition) is 6. The maximum atomic E-state index is 13.3. The van der Waals surface area contributed by atoms with Gasteiger partial charge < -0.3 is 24.4 Å². The third kappa shape index (κ3) is 2.61. The third-order valence-corrected chi connectivity index (χ3v) is 8.78. The maximum absolute atomic E-state index is 13.3. The number of aliphatic hydroxyl groups excluding tert-OH is 1. The highest BCUT2D eigenvalue weighted by molar-refractivity contribution is 5.98. The maximum Gasteiger partial charge on any atom is 0.289 e. The Bertz CT molecular complexity index is 1140. The molecule has 6 heteroatoms. The number of carbonyl (C=O) groups is 1. The van der Waals surface area contributed by atoms with Crippen molar-refractivity contribution in [2.45, 2.75) is 68.9 Å². The van der Waals surface area contributed by atoms with Crippen molar-refractivity contribution in [2.75, 3.05) is 6.61 Å². The van der Waals surface area contributed by atoms with Crippen LogP contribution in [0.4, 0.5) is 0 Å². The van der Waals surface area contributed by atoms with Crippen LogP contribution in [0.1, 0.15) is 39.2 Å². The molecule has 0 amide bonds. The molecule has 5 aliphatic rings. The summed E-state index contributed by atoms with van der Waals surface area (Å²) in [7, 11) is 0. The number of benzene rings is 1. The highest BCUT2D eigenvalue weighted by Gasteiger charge is 2.78. The Balaban J connectivity index is 1.59. The van der Waals surface area contributed by atoms with Crippen molar-refractivity contribution in [2.24, 2.45) is 17.8 Å². The van der Waals surface area contributed by atoms with Crippen LogP contribution in [-0.4, -0.2) is 51.5 Å². The summed E-state index contributed by atoms with van der Waals surface area (Å²) in [6.45, 7) is 9.91. The molecule has 1 unspecified atom stereocenters. The number of Topliss-reactive ketones (excluding diaryl/α,β-unsaturated/α-hetero) is 1. The van der Waals surface area contributed by atoms with Crippen molar-refractivity contribution in [1.82, 2.24) is 0 Å². The molecule has 1 aromatic rings. The number of ether oxygens (including phenoxy) is 3. The average molecular weight is 465 g/mol. The van der Waals surface area contributed by atoms with Gasteiger partial charge in [-0.25, -0.2) is 0 Å². The summed E-state index contributed by atoms with van der Waals surface area (Å²) < 4.78 is 20.4. The SMILES string of the molecule is C=C(C)[C@@]12C[C@@H](C)[C@@]34O[C@](Cc5ccccc5)(O[C@@H]1[C@@H]3C=C(CO)C[C@]1(O)C(=O)C(C)C=C14)O2. The molecule has 0 aromatic heterocycles. The Kier molecular flexibility index (Phi) is 4.60. The average Bonchev–Trinajstić information content (AvgIpc) is 3.10. The van der Waals surface area contributed by atoms with Crippen molar-refractivity contribution >= 4 is 5.78 Å². The lowest BCUT2D eigenvalue weighted by atomic mass is 9.56. The van der Waals surface area contributed by atoms with Gasteiger partial charge in [0.25, 0.3) is 5.97 Å². The Morgan fingerprint density at radius 3 is 2.59 bits per heavy atom. The van der Waals surface area contributed by atoms with Crippen molar-refractivity contribution in [3.63, 3.8) is 0 Å². The topological polar surface area (TPSA) is 85.2 Å². The first-order chi connectivity index (χ1) is 16.1. The van der Waals surface area contributed by atoms with Gasteiger partial charge in [0.15, 0.2) is 11.4 Å². The highest BCUT2D eigenvalue weighted by atomic mass is 16.9. The van der Waals surface area contributed by atoms with Gasteiger partial charge in [-0.05, 0) is 41.5 Å². The van der Waals surface area contributed by atoms with Gasteiger partial charge in [-0.3, -0.25) is 4.79 Å². The Hall–Kier alpha value is -2.09. The number of fused-ring (bicyclic) bond motifs is 2. The molecule has 3 aliphatic carbocycles. The summed E-state index contributed by atoms with van der Waals surface area (Å²) in [5, 5.41) is 22.1. The molecule has 2 saturated heterocycles. The Morgan fingerprint density at radius 2 is 1.91 bits per heavy atom. The predicted octanol–water partition coefficient (Wildman–Crippen LogP) is 3.24. The molecule has 1 aromatic carbocycles. The standard InChI is InChI=1S/C28H32O6/c1-16(2)26-12-18(4)28-21(11-20(15-29)13-25(31)22(28)10-17(3)23(25)30)24(26)32-27(33-26,34-28)14-19-8-6-5-7-9-19/h5-11,17-18,21,24,29,31H,1,12-15H2,2-4H3/t17?,18-,21+,24-,25-,26+,27-,28-/m1/s1. The Labute approximate surface area is 199 Å². The summed E-state index contributed by atoms with van der Waals surface area (Å²) in [6.07, 6.45) is 4.45. The molecular formula is C28H32O6. The van der Waals surface area contributed by atoms with E-state index in [4.69, 9.17) is 14.2 Å². The number of aliphatic hydroxyl groups is 2. The van der Waals surface area contributed by atoms with Crippen molar-refractivity contribution < 1.29 is 29.2 Å². The quantitative estimate of drug-likeness (QED) is 0.666.